The molecule has 18 rings (SSSR count). The zero-order valence-electron chi connectivity index (χ0n) is 52.7. The Bertz CT molecular complexity index is 5460. The highest BCUT2D eigenvalue weighted by molar-refractivity contribution is 7.00. The van der Waals surface area contributed by atoms with E-state index in [0.717, 1.165) is 112 Å². The SMILES string of the molecule is FC(F)(F)c1cccc(-c2nc(-c3ccccc3)nc(-c3ccccc3)n2)c1-n1c2ccccc2c2cc(-c3cc4c5c(c3)N(c3ccc(-c6ccccc6)cc3)c3ccc(-c6ccccc6)cc3B5c3cc(-c5ccccc5)ccc3N4c3ccc(-c4ccccc4)cc3)ccc21. The molecule has 0 N–H and O–H groups in total. The summed E-state index contributed by atoms with van der Waals surface area (Å²) in [6.45, 7) is -0.244. The number of halogens is 3. The number of benzene rings is 14. The second kappa shape index (κ2) is 23.7. The predicted molar refractivity (Wildman–Crippen MR) is 397 cm³/mol. The number of alkyl halides is 3. The summed E-state index contributed by atoms with van der Waals surface area (Å²) in [6, 6.07) is 116. The third-order valence-electron chi connectivity index (χ3n) is 19.3. The van der Waals surface area contributed by atoms with E-state index in [9.17, 15) is 0 Å². The average Bonchev–Trinajstić information content (AvgIpc) is 0.762. The molecule has 0 radical (unpaired) electrons. The van der Waals surface area contributed by atoms with Gasteiger partial charge in [0, 0.05) is 61.6 Å². The van der Waals surface area contributed by atoms with E-state index < -0.39 is 11.7 Å². The van der Waals surface area contributed by atoms with Gasteiger partial charge in [-0.1, -0.05) is 261 Å². The fraction of sp³-hybridized carbons (Fsp3) is 0.0114. The van der Waals surface area contributed by atoms with Crippen molar-refractivity contribution in [3.8, 4) is 95.5 Å². The van der Waals surface area contributed by atoms with Crippen LogP contribution in [0.3, 0.4) is 0 Å². The normalized spacial score (nSPS) is 12.4. The van der Waals surface area contributed by atoms with Crippen molar-refractivity contribution in [2.45, 2.75) is 6.18 Å². The molecule has 0 amide bonds. The van der Waals surface area contributed by atoms with Gasteiger partial charge in [-0.05, 0) is 151 Å². The average molecular weight is 1270 g/mol. The molecule has 462 valence electrons. The number of para-hydroxylation sites is 2. The Morgan fingerprint density at radius 2 is 0.653 bits per heavy atom. The highest BCUT2D eigenvalue weighted by atomic mass is 19.4. The highest BCUT2D eigenvalue weighted by Gasteiger charge is 2.44. The van der Waals surface area contributed by atoms with Gasteiger partial charge < -0.3 is 14.4 Å². The molecule has 0 bridgehead atoms. The lowest BCUT2D eigenvalue weighted by Gasteiger charge is -2.44. The second-order valence-electron chi connectivity index (χ2n) is 25.0. The fourth-order valence-electron chi connectivity index (χ4n) is 14.7. The Hall–Kier alpha value is -12.7. The molecule has 4 heterocycles. The molecule has 0 atom stereocenters. The van der Waals surface area contributed by atoms with Crippen LogP contribution in [0.1, 0.15) is 5.56 Å². The third kappa shape index (κ3) is 10.0. The van der Waals surface area contributed by atoms with Crippen LogP contribution in [-0.4, -0.2) is 26.2 Å². The topological polar surface area (TPSA) is 50.1 Å². The largest absolute Gasteiger partial charge is 0.418 e. The predicted octanol–water partition coefficient (Wildman–Crippen LogP) is 21.4. The van der Waals surface area contributed by atoms with E-state index in [1.807, 2.05) is 103 Å². The maximum Gasteiger partial charge on any atom is 0.418 e. The van der Waals surface area contributed by atoms with Gasteiger partial charge in [0.25, 0.3) is 6.71 Å². The van der Waals surface area contributed by atoms with Crippen LogP contribution in [-0.2, 0) is 6.18 Å². The summed E-state index contributed by atoms with van der Waals surface area (Å²) in [5.41, 5.74) is 22.2. The van der Waals surface area contributed by atoms with E-state index in [1.54, 1.807) is 10.6 Å². The van der Waals surface area contributed by atoms with Gasteiger partial charge in [-0.25, -0.2) is 15.0 Å². The molecule has 0 aliphatic carbocycles. The smallest absolute Gasteiger partial charge is 0.311 e. The molecule has 98 heavy (non-hydrogen) atoms. The first kappa shape index (κ1) is 58.0. The van der Waals surface area contributed by atoms with Crippen molar-refractivity contribution in [2.24, 2.45) is 0 Å². The molecular weight excluding hydrogens is 1210 g/mol. The van der Waals surface area contributed by atoms with E-state index >= 15 is 13.2 Å². The Morgan fingerprint density at radius 3 is 1.12 bits per heavy atom. The van der Waals surface area contributed by atoms with E-state index in [4.69, 9.17) is 15.0 Å². The Morgan fingerprint density at radius 1 is 0.276 bits per heavy atom. The number of anilines is 6. The Balaban J connectivity index is 0.892. The molecule has 14 aromatic carbocycles. The molecule has 0 unspecified atom stereocenters. The van der Waals surface area contributed by atoms with E-state index in [1.165, 1.54) is 17.0 Å². The summed E-state index contributed by atoms with van der Waals surface area (Å²) < 4.78 is 50.2. The standard InChI is InChI=1S/C88H56BF3N6/c90-88(91,92)74-36-21-35-72(87-94-85(63-30-15-5-16-31-63)93-86(95-87)64-32-17-6-18-33-64)84(74)98-77-37-20-19-34-71(77)73-52-65(42-49-78(73)98)68-55-81-83-82(56-68)97(70-47-40-62(41-48-70)58-24-9-2-10-25-58)80-51-44-67(60-28-13-4-14-29-60)54-76(80)89(83)75-53-66(59-26-11-3-12-27-59)43-50-79(75)96(81)69-45-38-61(39-46-69)57-22-7-1-8-23-57/h1-56H. The molecule has 16 aromatic rings. The van der Waals surface area contributed by atoms with Crippen LogP contribution in [0.4, 0.5) is 47.3 Å². The number of hydrogen-bond donors (Lipinski definition) is 0. The van der Waals surface area contributed by atoms with Crippen LogP contribution >= 0.6 is 0 Å². The maximum atomic E-state index is 16.2. The van der Waals surface area contributed by atoms with Gasteiger partial charge in [0.2, 0.25) is 0 Å². The maximum absolute atomic E-state index is 16.2. The van der Waals surface area contributed by atoms with Crippen molar-refractivity contribution in [1.29, 1.82) is 0 Å². The van der Waals surface area contributed by atoms with Crippen molar-refractivity contribution < 1.29 is 13.2 Å². The van der Waals surface area contributed by atoms with Crippen LogP contribution in [0.2, 0.25) is 0 Å². The highest BCUT2D eigenvalue weighted by Crippen LogP contribution is 2.50. The van der Waals surface area contributed by atoms with E-state index in [-0.39, 0.29) is 23.8 Å². The van der Waals surface area contributed by atoms with Crippen LogP contribution in [0, 0.1) is 0 Å². The van der Waals surface area contributed by atoms with Gasteiger partial charge in [0.1, 0.15) is 0 Å². The van der Waals surface area contributed by atoms with Crippen molar-refractivity contribution >= 4 is 79.0 Å². The summed E-state index contributed by atoms with van der Waals surface area (Å²) in [6.07, 6.45) is -4.78. The zero-order valence-corrected chi connectivity index (χ0v) is 52.7. The van der Waals surface area contributed by atoms with Crippen molar-refractivity contribution in [3.63, 3.8) is 0 Å². The van der Waals surface area contributed by atoms with Crippen molar-refractivity contribution in [2.75, 3.05) is 9.80 Å². The second-order valence-corrected chi connectivity index (χ2v) is 25.0. The number of fused-ring (bicyclic) bond motifs is 7. The van der Waals surface area contributed by atoms with Crippen LogP contribution in [0.25, 0.3) is 117 Å². The van der Waals surface area contributed by atoms with Crippen LogP contribution in [0.15, 0.2) is 340 Å². The minimum Gasteiger partial charge on any atom is -0.311 e. The summed E-state index contributed by atoms with van der Waals surface area (Å²) in [5, 5.41) is 1.55. The lowest BCUT2D eigenvalue weighted by Crippen LogP contribution is -2.61. The lowest BCUT2D eigenvalue weighted by molar-refractivity contribution is -0.137. The van der Waals surface area contributed by atoms with Crippen molar-refractivity contribution in [1.82, 2.24) is 19.5 Å². The molecule has 6 nitrogen and oxygen atoms in total. The first-order chi connectivity index (χ1) is 48.2. The molecule has 2 aliphatic rings. The first-order valence-electron chi connectivity index (χ1n) is 32.8. The minimum absolute atomic E-state index is 0.0848. The van der Waals surface area contributed by atoms with Gasteiger partial charge >= 0.3 is 6.18 Å². The van der Waals surface area contributed by atoms with E-state index in [2.05, 4.69) is 228 Å². The van der Waals surface area contributed by atoms with Gasteiger partial charge in [-0.2, -0.15) is 13.2 Å². The van der Waals surface area contributed by atoms with Gasteiger partial charge in [-0.3, -0.25) is 0 Å². The van der Waals surface area contributed by atoms with Crippen LogP contribution in [0.5, 0.6) is 0 Å². The molecule has 10 heteroatoms. The Kier molecular flexibility index (Phi) is 14.0. The monoisotopic (exact) mass is 1260 g/mol. The fourth-order valence-corrected chi connectivity index (χ4v) is 14.7. The van der Waals surface area contributed by atoms with Gasteiger partial charge in [0.15, 0.2) is 17.5 Å². The van der Waals surface area contributed by atoms with Crippen LogP contribution < -0.4 is 26.2 Å². The third-order valence-corrected chi connectivity index (χ3v) is 19.3. The van der Waals surface area contributed by atoms with Gasteiger partial charge in [0.05, 0.1) is 22.3 Å². The first-order valence-corrected chi connectivity index (χ1v) is 32.8. The minimum atomic E-state index is -4.78. The summed E-state index contributed by atoms with van der Waals surface area (Å²) in [4.78, 5) is 19.8. The Labute approximate surface area is 565 Å². The molecule has 0 fully saturated rings. The van der Waals surface area contributed by atoms with E-state index in [0.29, 0.717) is 33.8 Å². The summed E-state index contributed by atoms with van der Waals surface area (Å²) >= 11 is 0. The van der Waals surface area contributed by atoms with Crippen molar-refractivity contribution in [3.05, 3.63) is 345 Å². The molecule has 2 aliphatic heterocycles. The molecule has 2 aromatic heterocycles. The molecule has 0 saturated carbocycles. The molecular formula is C88H56BF3N6. The molecule has 0 spiro atoms. The number of rotatable bonds is 11. The van der Waals surface area contributed by atoms with Gasteiger partial charge in [-0.15, -0.1) is 0 Å². The number of aromatic nitrogens is 4. The number of nitrogens with zero attached hydrogens (tertiary/aromatic N) is 6. The quantitative estimate of drug-likeness (QED) is 0.121. The summed E-state index contributed by atoms with van der Waals surface area (Å²) in [7, 11) is 0. The summed E-state index contributed by atoms with van der Waals surface area (Å²) in [5.74, 6) is 0.787. The zero-order chi connectivity index (χ0) is 65.4. The lowest BCUT2D eigenvalue weighted by atomic mass is 9.33. The number of hydrogen-bond acceptors (Lipinski definition) is 5. The molecule has 0 saturated heterocycles.